The largest absolute Gasteiger partial charge is 0.465 e. The van der Waals surface area contributed by atoms with E-state index in [-0.39, 0.29) is 11.8 Å². The lowest BCUT2D eigenvalue weighted by Gasteiger charge is -2.26. The van der Waals surface area contributed by atoms with E-state index in [1.807, 2.05) is 23.1 Å². The first-order valence-electron chi connectivity index (χ1n) is 9.71. The molecule has 9 heteroatoms. The number of carbonyl (C=O) groups is 3. The van der Waals surface area contributed by atoms with E-state index >= 15 is 0 Å². The third kappa shape index (κ3) is 4.16. The standard InChI is InChI=1S/C21H22N4O4S/c1-24-12-15(23-21(28)29)11-16(24)19(26)22-14-5-6-17-13(9-14)10-18(30-17)20(27)25-7-3-2-4-8-25/h5-6,9-12,23H,2-4,7-8H2,1H3,(H,22,26)(H,28,29). The first-order chi connectivity index (χ1) is 14.4. The number of nitrogens with one attached hydrogen (secondary N) is 2. The number of hydrogen-bond acceptors (Lipinski definition) is 4. The number of anilines is 2. The monoisotopic (exact) mass is 426 g/mol. The van der Waals surface area contributed by atoms with Crippen LogP contribution in [0.5, 0.6) is 0 Å². The van der Waals surface area contributed by atoms with Gasteiger partial charge in [-0.2, -0.15) is 0 Å². The summed E-state index contributed by atoms with van der Waals surface area (Å²) in [6, 6.07) is 8.89. The Morgan fingerprint density at radius 2 is 1.77 bits per heavy atom. The molecule has 3 N–H and O–H groups in total. The third-order valence-electron chi connectivity index (χ3n) is 5.12. The molecule has 30 heavy (non-hydrogen) atoms. The van der Waals surface area contributed by atoms with Gasteiger partial charge in [-0.3, -0.25) is 14.9 Å². The van der Waals surface area contributed by atoms with Gasteiger partial charge in [-0.1, -0.05) is 0 Å². The fourth-order valence-electron chi connectivity index (χ4n) is 3.66. The molecule has 156 valence electrons. The Balaban J connectivity index is 1.51. The smallest absolute Gasteiger partial charge is 0.409 e. The number of aromatic nitrogens is 1. The zero-order chi connectivity index (χ0) is 21.3. The van der Waals surface area contributed by atoms with Crippen LogP contribution in [0.4, 0.5) is 16.2 Å². The fourth-order valence-corrected chi connectivity index (χ4v) is 4.67. The van der Waals surface area contributed by atoms with Gasteiger partial charge in [-0.05, 0) is 55.0 Å². The molecular weight excluding hydrogens is 404 g/mol. The Hall–Kier alpha value is -3.33. The van der Waals surface area contributed by atoms with E-state index in [0.717, 1.165) is 36.0 Å². The van der Waals surface area contributed by atoms with Crippen LogP contribution in [0.15, 0.2) is 36.5 Å². The van der Waals surface area contributed by atoms with Crippen LogP contribution in [-0.2, 0) is 7.05 Å². The highest BCUT2D eigenvalue weighted by atomic mass is 32.1. The topological polar surface area (TPSA) is 104 Å². The number of piperidine rings is 1. The quantitative estimate of drug-likeness (QED) is 0.581. The van der Waals surface area contributed by atoms with Crippen molar-refractivity contribution in [1.82, 2.24) is 9.47 Å². The Morgan fingerprint density at radius 3 is 2.50 bits per heavy atom. The Kier molecular flexibility index (Phi) is 5.45. The van der Waals surface area contributed by atoms with E-state index in [1.165, 1.54) is 30.0 Å². The highest BCUT2D eigenvalue weighted by Gasteiger charge is 2.20. The van der Waals surface area contributed by atoms with Gasteiger partial charge in [0, 0.05) is 36.7 Å². The second kappa shape index (κ2) is 8.19. The number of likely N-dealkylation sites (tertiary alicyclic amines) is 1. The van der Waals surface area contributed by atoms with Gasteiger partial charge in [0.25, 0.3) is 11.8 Å². The summed E-state index contributed by atoms with van der Waals surface area (Å²) in [6.07, 6.45) is 3.62. The van der Waals surface area contributed by atoms with Crippen molar-refractivity contribution in [3.05, 3.63) is 47.1 Å². The van der Waals surface area contributed by atoms with Gasteiger partial charge < -0.3 is 19.9 Å². The predicted molar refractivity (Wildman–Crippen MR) is 117 cm³/mol. The van der Waals surface area contributed by atoms with Crippen molar-refractivity contribution < 1.29 is 19.5 Å². The predicted octanol–water partition coefficient (Wildman–Crippen LogP) is 4.21. The summed E-state index contributed by atoms with van der Waals surface area (Å²) in [4.78, 5) is 38.8. The van der Waals surface area contributed by atoms with Crippen molar-refractivity contribution in [3.8, 4) is 0 Å². The zero-order valence-electron chi connectivity index (χ0n) is 16.5. The van der Waals surface area contributed by atoms with E-state index in [1.54, 1.807) is 17.7 Å². The molecule has 0 radical (unpaired) electrons. The van der Waals surface area contributed by atoms with Crippen LogP contribution in [0.3, 0.4) is 0 Å². The molecule has 0 atom stereocenters. The Bertz CT molecular complexity index is 1130. The summed E-state index contributed by atoms with van der Waals surface area (Å²) < 4.78 is 2.54. The van der Waals surface area contributed by atoms with E-state index in [2.05, 4.69) is 10.6 Å². The van der Waals surface area contributed by atoms with Crippen LogP contribution in [-0.4, -0.2) is 45.6 Å². The average molecular weight is 426 g/mol. The number of benzene rings is 1. The lowest BCUT2D eigenvalue weighted by Crippen LogP contribution is -2.35. The van der Waals surface area contributed by atoms with Gasteiger partial charge >= 0.3 is 6.09 Å². The van der Waals surface area contributed by atoms with Crippen molar-refractivity contribution in [3.63, 3.8) is 0 Å². The summed E-state index contributed by atoms with van der Waals surface area (Å²) in [5.74, 6) is -0.279. The number of carbonyl (C=O) groups excluding carboxylic acids is 2. The van der Waals surface area contributed by atoms with Crippen LogP contribution in [0.2, 0.25) is 0 Å². The molecule has 0 aliphatic carbocycles. The normalized spacial score (nSPS) is 14.0. The van der Waals surface area contributed by atoms with Gasteiger partial charge in [-0.15, -0.1) is 11.3 Å². The second-order valence-electron chi connectivity index (χ2n) is 7.33. The van der Waals surface area contributed by atoms with Gasteiger partial charge in [0.1, 0.15) is 5.69 Å². The molecular formula is C21H22N4O4S. The minimum absolute atomic E-state index is 0.0729. The third-order valence-corrected chi connectivity index (χ3v) is 6.22. The highest BCUT2D eigenvalue weighted by molar-refractivity contribution is 7.20. The lowest BCUT2D eigenvalue weighted by molar-refractivity contribution is 0.0729. The minimum Gasteiger partial charge on any atom is -0.465 e. The molecule has 1 aliphatic rings. The van der Waals surface area contributed by atoms with Crippen LogP contribution in [0.1, 0.15) is 39.4 Å². The molecule has 3 heterocycles. The first-order valence-corrected chi connectivity index (χ1v) is 10.5. The maximum absolute atomic E-state index is 12.7. The van der Waals surface area contributed by atoms with Gasteiger partial charge in [-0.25, -0.2) is 4.79 Å². The molecule has 3 amide bonds. The molecule has 2 aromatic heterocycles. The highest BCUT2D eigenvalue weighted by Crippen LogP contribution is 2.30. The molecule has 1 fully saturated rings. The molecule has 4 rings (SSSR count). The molecule has 1 saturated heterocycles. The lowest BCUT2D eigenvalue weighted by atomic mass is 10.1. The number of aryl methyl sites for hydroxylation is 1. The molecule has 0 saturated carbocycles. The van der Waals surface area contributed by atoms with E-state index < -0.39 is 6.09 Å². The number of rotatable bonds is 4. The second-order valence-corrected chi connectivity index (χ2v) is 8.41. The Morgan fingerprint density at radius 1 is 1.00 bits per heavy atom. The number of amides is 3. The molecule has 3 aromatic rings. The van der Waals surface area contributed by atoms with Crippen molar-refractivity contribution in [2.45, 2.75) is 19.3 Å². The number of carboxylic acid groups (broad SMARTS) is 1. The Labute approximate surface area is 177 Å². The average Bonchev–Trinajstić information content (AvgIpc) is 3.30. The van der Waals surface area contributed by atoms with Crippen LogP contribution >= 0.6 is 11.3 Å². The zero-order valence-corrected chi connectivity index (χ0v) is 17.3. The molecule has 0 unspecified atom stereocenters. The molecule has 1 aliphatic heterocycles. The van der Waals surface area contributed by atoms with Crippen LogP contribution < -0.4 is 10.6 Å². The number of nitrogens with zero attached hydrogens (tertiary/aromatic N) is 2. The van der Waals surface area contributed by atoms with Crippen molar-refractivity contribution in [2.24, 2.45) is 7.05 Å². The van der Waals surface area contributed by atoms with Gasteiger partial charge in [0.15, 0.2) is 0 Å². The van der Waals surface area contributed by atoms with E-state index in [9.17, 15) is 14.4 Å². The molecule has 0 bridgehead atoms. The SMILES string of the molecule is Cn1cc(NC(=O)O)cc1C(=O)Nc1ccc2sc(C(=O)N3CCCCC3)cc2c1. The minimum atomic E-state index is -1.19. The molecule has 8 nitrogen and oxygen atoms in total. The van der Waals surface area contributed by atoms with Gasteiger partial charge in [0.2, 0.25) is 0 Å². The summed E-state index contributed by atoms with van der Waals surface area (Å²) in [5.41, 5.74) is 1.26. The van der Waals surface area contributed by atoms with E-state index in [0.29, 0.717) is 21.9 Å². The van der Waals surface area contributed by atoms with Crippen LogP contribution in [0.25, 0.3) is 10.1 Å². The van der Waals surface area contributed by atoms with Crippen molar-refractivity contribution in [1.29, 1.82) is 0 Å². The van der Waals surface area contributed by atoms with Crippen molar-refractivity contribution in [2.75, 3.05) is 23.7 Å². The summed E-state index contributed by atoms with van der Waals surface area (Å²) >= 11 is 1.46. The summed E-state index contributed by atoms with van der Waals surface area (Å²) in [6.45, 7) is 1.62. The van der Waals surface area contributed by atoms with E-state index in [4.69, 9.17) is 5.11 Å². The maximum Gasteiger partial charge on any atom is 0.409 e. The number of hydrogen-bond donors (Lipinski definition) is 3. The summed E-state index contributed by atoms with van der Waals surface area (Å²) in [5, 5.41) is 14.8. The van der Waals surface area contributed by atoms with Crippen molar-refractivity contribution >= 4 is 50.7 Å². The molecule has 0 spiro atoms. The van der Waals surface area contributed by atoms with Gasteiger partial charge in [0.05, 0.1) is 10.6 Å². The maximum atomic E-state index is 12.7. The number of fused-ring (bicyclic) bond motifs is 1. The molecule has 1 aromatic carbocycles. The first kappa shape index (κ1) is 20.0. The number of thiophene rings is 1. The fraction of sp³-hybridized carbons (Fsp3) is 0.286. The van der Waals surface area contributed by atoms with Crippen LogP contribution in [0, 0.1) is 0 Å². The summed E-state index contributed by atoms with van der Waals surface area (Å²) in [7, 11) is 1.67.